The van der Waals surface area contributed by atoms with E-state index < -0.39 is 0 Å². The lowest BCUT2D eigenvalue weighted by molar-refractivity contribution is 0.624. The van der Waals surface area contributed by atoms with Gasteiger partial charge in [-0.1, -0.05) is 23.8 Å². The van der Waals surface area contributed by atoms with Crippen LogP contribution in [0.3, 0.4) is 0 Å². The van der Waals surface area contributed by atoms with E-state index in [0.29, 0.717) is 6.54 Å². The summed E-state index contributed by atoms with van der Waals surface area (Å²) in [6, 6.07) is 13.1. The molecule has 0 aliphatic heterocycles. The molecule has 0 bridgehead atoms. The van der Waals surface area contributed by atoms with Crippen molar-refractivity contribution >= 4 is 5.69 Å². The highest BCUT2D eigenvalue weighted by atomic mass is 19.1. The summed E-state index contributed by atoms with van der Waals surface area (Å²) in [4.78, 5) is 2.13. The standard InChI is InChI=1S/C16H19FN2/c1-12-3-7-16(8-4-12)19(2)11-13-5-6-15(17)9-14(13)10-18/h3-9H,10-11,18H2,1-2H3. The molecule has 2 rings (SSSR count). The zero-order valence-corrected chi connectivity index (χ0v) is 11.4. The zero-order chi connectivity index (χ0) is 13.8. The number of hydrogen-bond donors (Lipinski definition) is 1. The van der Waals surface area contributed by atoms with Crippen LogP contribution < -0.4 is 10.6 Å². The van der Waals surface area contributed by atoms with Crippen LogP contribution in [-0.2, 0) is 13.1 Å². The topological polar surface area (TPSA) is 29.3 Å². The van der Waals surface area contributed by atoms with Crippen LogP contribution in [0.25, 0.3) is 0 Å². The highest BCUT2D eigenvalue weighted by molar-refractivity contribution is 5.47. The van der Waals surface area contributed by atoms with Gasteiger partial charge in [0.2, 0.25) is 0 Å². The normalized spacial score (nSPS) is 10.5. The molecule has 0 radical (unpaired) electrons. The van der Waals surface area contributed by atoms with Crippen molar-refractivity contribution in [3.05, 3.63) is 65.0 Å². The highest BCUT2D eigenvalue weighted by Crippen LogP contribution is 2.18. The number of benzene rings is 2. The van der Waals surface area contributed by atoms with Crippen molar-refractivity contribution in [3.63, 3.8) is 0 Å². The molecule has 0 aliphatic carbocycles. The fraction of sp³-hybridized carbons (Fsp3) is 0.250. The Balaban J connectivity index is 2.18. The Kier molecular flexibility index (Phi) is 4.17. The smallest absolute Gasteiger partial charge is 0.123 e. The monoisotopic (exact) mass is 258 g/mol. The van der Waals surface area contributed by atoms with E-state index in [-0.39, 0.29) is 5.82 Å². The van der Waals surface area contributed by atoms with Gasteiger partial charge in [0.1, 0.15) is 5.82 Å². The van der Waals surface area contributed by atoms with Gasteiger partial charge in [-0.3, -0.25) is 0 Å². The number of nitrogens with two attached hydrogens (primary N) is 1. The molecule has 3 heteroatoms. The first-order chi connectivity index (χ1) is 9.10. The van der Waals surface area contributed by atoms with Gasteiger partial charge in [-0.05, 0) is 42.3 Å². The molecule has 100 valence electrons. The summed E-state index contributed by atoms with van der Waals surface area (Å²) in [5, 5.41) is 0. The summed E-state index contributed by atoms with van der Waals surface area (Å²) in [7, 11) is 2.02. The molecule has 19 heavy (non-hydrogen) atoms. The Morgan fingerprint density at radius 1 is 1.05 bits per heavy atom. The van der Waals surface area contributed by atoms with Gasteiger partial charge in [0.15, 0.2) is 0 Å². The molecule has 0 fully saturated rings. The molecule has 0 aliphatic rings. The number of halogens is 1. The van der Waals surface area contributed by atoms with Crippen molar-refractivity contribution in [2.24, 2.45) is 5.73 Å². The molecular weight excluding hydrogens is 239 g/mol. The quantitative estimate of drug-likeness (QED) is 0.912. The van der Waals surface area contributed by atoms with Crippen LogP contribution in [0.4, 0.5) is 10.1 Å². The summed E-state index contributed by atoms with van der Waals surface area (Å²) < 4.78 is 13.2. The predicted molar refractivity (Wildman–Crippen MR) is 77.6 cm³/mol. The van der Waals surface area contributed by atoms with E-state index >= 15 is 0 Å². The van der Waals surface area contributed by atoms with E-state index in [1.807, 2.05) is 13.1 Å². The van der Waals surface area contributed by atoms with Crippen LogP contribution in [0, 0.1) is 12.7 Å². The van der Waals surface area contributed by atoms with Crippen molar-refractivity contribution in [1.29, 1.82) is 0 Å². The first-order valence-corrected chi connectivity index (χ1v) is 6.35. The average Bonchev–Trinajstić information content (AvgIpc) is 2.41. The van der Waals surface area contributed by atoms with Crippen LogP contribution in [-0.4, -0.2) is 7.05 Å². The maximum atomic E-state index is 13.2. The zero-order valence-electron chi connectivity index (χ0n) is 11.4. The van der Waals surface area contributed by atoms with Gasteiger partial charge >= 0.3 is 0 Å². The molecule has 0 spiro atoms. The Bertz CT molecular complexity index is 549. The minimum absolute atomic E-state index is 0.234. The molecule has 0 aromatic heterocycles. The maximum absolute atomic E-state index is 13.2. The summed E-state index contributed by atoms with van der Waals surface area (Å²) >= 11 is 0. The lowest BCUT2D eigenvalue weighted by Crippen LogP contribution is -2.18. The third kappa shape index (κ3) is 3.32. The summed E-state index contributed by atoms with van der Waals surface area (Å²) in [6.45, 7) is 3.14. The molecular formula is C16H19FN2. The Morgan fingerprint density at radius 2 is 1.74 bits per heavy atom. The van der Waals surface area contributed by atoms with Gasteiger partial charge in [-0.25, -0.2) is 4.39 Å². The molecule has 0 atom stereocenters. The lowest BCUT2D eigenvalue weighted by Gasteiger charge is -2.21. The third-order valence-electron chi connectivity index (χ3n) is 3.27. The molecule has 2 aromatic rings. The van der Waals surface area contributed by atoms with Gasteiger partial charge in [0.05, 0.1) is 0 Å². The molecule has 0 saturated heterocycles. The second kappa shape index (κ2) is 5.85. The van der Waals surface area contributed by atoms with Crippen molar-refractivity contribution in [3.8, 4) is 0 Å². The van der Waals surface area contributed by atoms with Crippen LogP contribution in [0.2, 0.25) is 0 Å². The minimum atomic E-state index is -0.234. The van der Waals surface area contributed by atoms with E-state index in [1.54, 1.807) is 0 Å². The molecule has 0 saturated carbocycles. The Hall–Kier alpha value is -1.87. The maximum Gasteiger partial charge on any atom is 0.123 e. The largest absolute Gasteiger partial charge is 0.370 e. The minimum Gasteiger partial charge on any atom is -0.370 e. The van der Waals surface area contributed by atoms with Gasteiger partial charge in [0, 0.05) is 25.8 Å². The number of anilines is 1. The first kappa shape index (κ1) is 13.6. The molecule has 0 heterocycles. The fourth-order valence-electron chi connectivity index (χ4n) is 2.08. The SMILES string of the molecule is Cc1ccc(N(C)Cc2ccc(F)cc2CN)cc1. The fourth-order valence-corrected chi connectivity index (χ4v) is 2.08. The number of rotatable bonds is 4. The Morgan fingerprint density at radius 3 is 2.37 bits per heavy atom. The van der Waals surface area contributed by atoms with Crippen LogP contribution in [0.5, 0.6) is 0 Å². The summed E-state index contributed by atoms with van der Waals surface area (Å²) in [5.74, 6) is -0.234. The van der Waals surface area contributed by atoms with E-state index in [2.05, 4.69) is 36.1 Å². The third-order valence-corrected chi connectivity index (χ3v) is 3.27. The van der Waals surface area contributed by atoms with Crippen LogP contribution >= 0.6 is 0 Å². The van der Waals surface area contributed by atoms with E-state index in [4.69, 9.17) is 5.73 Å². The van der Waals surface area contributed by atoms with Gasteiger partial charge in [-0.2, -0.15) is 0 Å². The first-order valence-electron chi connectivity index (χ1n) is 6.35. The second-order valence-electron chi connectivity index (χ2n) is 4.81. The van der Waals surface area contributed by atoms with Crippen molar-refractivity contribution in [2.45, 2.75) is 20.0 Å². The van der Waals surface area contributed by atoms with Crippen LogP contribution in [0.1, 0.15) is 16.7 Å². The molecule has 0 unspecified atom stereocenters. The molecule has 0 amide bonds. The van der Waals surface area contributed by atoms with E-state index in [0.717, 1.165) is 23.4 Å². The van der Waals surface area contributed by atoms with E-state index in [1.165, 1.54) is 17.7 Å². The van der Waals surface area contributed by atoms with Gasteiger partial charge in [0.25, 0.3) is 0 Å². The van der Waals surface area contributed by atoms with Crippen molar-refractivity contribution in [1.82, 2.24) is 0 Å². The number of nitrogens with zero attached hydrogens (tertiary/aromatic N) is 1. The number of hydrogen-bond acceptors (Lipinski definition) is 2. The van der Waals surface area contributed by atoms with Gasteiger partial charge < -0.3 is 10.6 Å². The van der Waals surface area contributed by atoms with Crippen LogP contribution in [0.15, 0.2) is 42.5 Å². The molecule has 2 N–H and O–H groups in total. The predicted octanol–water partition coefficient (Wildman–Crippen LogP) is 3.23. The molecule has 2 aromatic carbocycles. The average molecular weight is 258 g/mol. The van der Waals surface area contributed by atoms with Gasteiger partial charge in [-0.15, -0.1) is 0 Å². The highest BCUT2D eigenvalue weighted by Gasteiger charge is 2.07. The number of aryl methyl sites for hydroxylation is 1. The lowest BCUT2D eigenvalue weighted by atomic mass is 10.1. The molecule has 2 nitrogen and oxygen atoms in total. The second-order valence-corrected chi connectivity index (χ2v) is 4.81. The summed E-state index contributed by atoms with van der Waals surface area (Å²) in [6.07, 6.45) is 0. The van der Waals surface area contributed by atoms with Crippen molar-refractivity contribution < 1.29 is 4.39 Å². The Labute approximate surface area is 113 Å². The summed E-state index contributed by atoms with van der Waals surface area (Å²) in [5.41, 5.74) is 9.97. The van der Waals surface area contributed by atoms with Crippen molar-refractivity contribution in [2.75, 3.05) is 11.9 Å². The van der Waals surface area contributed by atoms with E-state index in [9.17, 15) is 4.39 Å².